The van der Waals surface area contributed by atoms with Gasteiger partial charge in [0.25, 0.3) is 0 Å². The standard InChI is InChI=1S/C11H21NO/c1-3-10(2)8-13-9-11-5-4-6-12-7-11/h11-12H,2-9H2,1H3. The summed E-state index contributed by atoms with van der Waals surface area (Å²) in [6, 6.07) is 0. The minimum Gasteiger partial charge on any atom is -0.377 e. The molecule has 0 saturated carbocycles. The van der Waals surface area contributed by atoms with Crippen LogP contribution in [0.4, 0.5) is 0 Å². The topological polar surface area (TPSA) is 21.3 Å². The van der Waals surface area contributed by atoms with E-state index in [0.717, 1.165) is 32.1 Å². The van der Waals surface area contributed by atoms with E-state index < -0.39 is 0 Å². The van der Waals surface area contributed by atoms with E-state index in [9.17, 15) is 0 Å². The molecule has 1 N–H and O–H groups in total. The van der Waals surface area contributed by atoms with Crippen LogP contribution >= 0.6 is 0 Å². The van der Waals surface area contributed by atoms with Gasteiger partial charge in [-0.25, -0.2) is 0 Å². The maximum atomic E-state index is 5.59. The van der Waals surface area contributed by atoms with E-state index in [1.54, 1.807) is 0 Å². The molecule has 1 heterocycles. The lowest BCUT2D eigenvalue weighted by atomic mass is 10.0. The van der Waals surface area contributed by atoms with Crippen molar-refractivity contribution < 1.29 is 4.74 Å². The molecule has 0 radical (unpaired) electrons. The van der Waals surface area contributed by atoms with E-state index in [2.05, 4.69) is 18.8 Å². The van der Waals surface area contributed by atoms with Crippen molar-refractivity contribution in [3.8, 4) is 0 Å². The second-order valence-corrected chi connectivity index (χ2v) is 3.83. The van der Waals surface area contributed by atoms with Gasteiger partial charge in [-0.1, -0.05) is 19.1 Å². The van der Waals surface area contributed by atoms with E-state index in [1.165, 1.54) is 25.0 Å². The Morgan fingerprint density at radius 2 is 2.46 bits per heavy atom. The molecule has 1 fully saturated rings. The largest absolute Gasteiger partial charge is 0.377 e. The van der Waals surface area contributed by atoms with Crippen LogP contribution in [0, 0.1) is 5.92 Å². The summed E-state index contributed by atoms with van der Waals surface area (Å²) in [5.41, 5.74) is 1.20. The van der Waals surface area contributed by atoms with Crippen molar-refractivity contribution in [2.75, 3.05) is 26.3 Å². The maximum Gasteiger partial charge on any atom is 0.0674 e. The van der Waals surface area contributed by atoms with Crippen molar-refractivity contribution in [3.05, 3.63) is 12.2 Å². The molecule has 1 rings (SSSR count). The molecule has 0 spiro atoms. The molecule has 1 atom stereocenters. The van der Waals surface area contributed by atoms with Crippen LogP contribution in [0.25, 0.3) is 0 Å². The number of nitrogens with one attached hydrogen (secondary N) is 1. The Labute approximate surface area is 81.4 Å². The van der Waals surface area contributed by atoms with Crippen LogP contribution in [-0.2, 0) is 4.74 Å². The molecule has 0 bridgehead atoms. The SMILES string of the molecule is C=C(CC)COCC1CCCNC1. The van der Waals surface area contributed by atoms with Gasteiger partial charge in [-0.2, -0.15) is 0 Å². The Balaban J connectivity index is 2.01. The molecule has 1 unspecified atom stereocenters. The molecule has 0 aromatic carbocycles. The van der Waals surface area contributed by atoms with Gasteiger partial charge in [0.2, 0.25) is 0 Å². The smallest absolute Gasteiger partial charge is 0.0674 e. The Morgan fingerprint density at radius 3 is 3.08 bits per heavy atom. The second kappa shape index (κ2) is 6.17. The lowest BCUT2D eigenvalue weighted by Crippen LogP contribution is -2.32. The molecule has 0 aromatic rings. The maximum absolute atomic E-state index is 5.59. The van der Waals surface area contributed by atoms with Gasteiger partial charge in [0.15, 0.2) is 0 Å². The van der Waals surface area contributed by atoms with Crippen LogP contribution in [-0.4, -0.2) is 26.3 Å². The second-order valence-electron chi connectivity index (χ2n) is 3.83. The van der Waals surface area contributed by atoms with Crippen molar-refractivity contribution in [2.45, 2.75) is 26.2 Å². The van der Waals surface area contributed by atoms with E-state index in [4.69, 9.17) is 4.74 Å². The van der Waals surface area contributed by atoms with Gasteiger partial charge in [0, 0.05) is 6.54 Å². The summed E-state index contributed by atoms with van der Waals surface area (Å²) in [6.45, 7) is 9.97. The minimum atomic E-state index is 0.721. The summed E-state index contributed by atoms with van der Waals surface area (Å²) in [5.74, 6) is 0.721. The van der Waals surface area contributed by atoms with Crippen LogP contribution in [0.2, 0.25) is 0 Å². The van der Waals surface area contributed by atoms with Crippen LogP contribution in [0.5, 0.6) is 0 Å². The van der Waals surface area contributed by atoms with Gasteiger partial charge in [-0.15, -0.1) is 0 Å². The average Bonchev–Trinajstić information content (AvgIpc) is 2.19. The van der Waals surface area contributed by atoms with Gasteiger partial charge < -0.3 is 10.1 Å². The van der Waals surface area contributed by atoms with E-state index in [0.29, 0.717) is 0 Å². The Hall–Kier alpha value is -0.340. The predicted molar refractivity (Wildman–Crippen MR) is 55.8 cm³/mol. The Kier molecular flexibility index (Phi) is 5.09. The number of rotatable bonds is 5. The average molecular weight is 183 g/mol. The van der Waals surface area contributed by atoms with Crippen molar-refractivity contribution in [3.63, 3.8) is 0 Å². The lowest BCUT2D eigenvalue weighted by molar-refractivity contribution is 0.105. The van der Waals surface area contributed by atoms with E-state index in [1.807, 2.05) is 0 Å². The fourth-order valence-electron chi connectivity index (χ4n) is 1.54. The fourth-order valence-corrected chi connectivity index (χ4v) is 1.54. The summed E-state index contributed by atoms with van der Waals surface area (Å²) in [7, 11) is 0. The summed E-state index contributed by atoms with van der Waals surface area (Å²) in [6.07, 6.45) is 3.64. The molecule has 13 heavy (non-hydrogen) atoms. The zero-order chi connectivity index (χ0) is 9.52. The molecule has 2 nitrogen and oxygen atoms in total. The minimum absolute atomic E-state index is 0.721. The molecule has 76 valence electrons. The number of hydrogen-bond acceptors (Lipinski definition) is 2. The summed E-state index contributed by atoms with van der Waals surface area (Å²) >= 11 is 0. The Bertz CT molecular complexity index is 150. The summed E-state index contributed by atoms with van der Waals surface area (Å²) in [4.78, 5) is 0. The first-order chi connectivity index (χ1) is 6.33. The van der Waals surface area contributed by atoms with Crippen LogP contribution in [0.3, 0.4) is 0 Å². The third kappa shape index (κ3) is 4.44. The molecule has 1 aliphatic rings. The highest BCUT2D eigenvalue weighted by molar-refractivity contribution is 4.92. The normalized spacial score (nSPS) is 23.0. The van der Waals surface area contributed by atoms with Crippen LogP contribution in [0.15, 0.2) is 12.2 Å². The van der Waals surface area contributed by atoms with E-state index >= 15 is 0 Å². The first kappa shape index (κ1) is 10.7. The van der Waals surface area contributed by atoms with Gasteiger partial charge in [-0.3, -0.25) is 0 Å². The highest BCUT2D eigenvalue weighted by atomic mass is 16.5. The zero-order valence-electron chi connectivity index (χ0n) is 8.64. The third-order valence-corrected chi connectivity index (χ3v) is 2.56. The van der Waals surface area contributed by atoms with Gasteiger partial charge >= 0.3 is 0 Å². The summed E-state index contributed by atoms with van der Waals surface area (Å²) in [5, 5.41) is 3.38. The quantitative estimate of drug-likeness (QED) is 0.658. The van der Waals surface area contributed by atoms with E-state index in [-0.39, 0.29) is 0 Å². The molecule has 1 saturated heterocycles. The molecule has 0 aliphatic carbocycles. The lowest BCUT2D eigenvalue weighted by Gasteiger charge is -2.22. The van der Waals surface area contributed by atoms with Crippen LogP contribution < -0.4 is 5.32 Å². The van der Waals surface area contributed by atoms with Crippen molar-refractivity contribution in [1.29, 1.82) is 0 Å². The molecule has 0 amide bonds. The number of ether oxygens (including phenoxy) is 1. The van der Waals surface area contributed by atoms with Crippen molar-refractivity contribution in [1.82, 2.24) is 5.32 Å². The third-order valence-electron chi connectivity index (χ3n) is 2.56. The number of piperidine rings is 1. The van der Waals surface area contributed by atoms with Gasteiger partial charge in [0.05, 0.1) is 13.2 Å². The highest BCUT2D eigenvalue weighted by Gasteiger charge is 2.12. The fraction of sp³-hybridized carbons (Fsp3) is 0.818. The van der Waals surface area contributed by atoms with Gasteiger partial charge in [0.1, 0.15) is 0 Å². The van der Waals surface area contributed by atoms with Crippen molar-refractivity contribution >= 4 is 0 Å². The molecular weight excluding hydrogens is 162 g/mol. The monoisotopic (exact) mass is 183 g/mol. The van der Waals surface area contributed by atoms with Crippen molar-refractivity contribution in [2.24, 2.45) is 5.92 Å². The highest BCUT2D eigenvalue weighted by Crippen LogP contribution is 2.10. The first-order valence-electron chi connectivity index (χ1n) is 5.28. The Morgan fingerprint density at radius 1 is 1.62 bits per heavy atom. The number of hydrogen-bond donors (Lipinski definition) is 1. The zero-order valence-corrected chi connectivity index (χ0v) is 8.64. The summed E-state index contributed by atoms with van der Waals surface area (Å²) < 4.78 is 5.59. The van der Waals surface area contributed by atoms with Crippen LogP contribution in [0.1, 0.15) is 26.2 Å². The molecule has 1 aliphatic heterocycles. The molecular formula is C11H21NO. The predicted octanol–water partition coefficient (Wildman–Crippen LogP) is 1.97. The molecule has 0 aromatic heterocycles. The molecule has 2 heteroatoms. The first-order valence-corrected chi connectivity index (χ1v) is 5.28. The van der Waals surface area contributed by atoms with Gasteiger partial charge in [-0.05, 0) is 31.7 Å².